The van der Waals surface area contributed by atoms with Crippen molar-refractivity contribution in [3.8, 4) is 0 Å². The molecule has 0 fully saturated rings. The highest BCUT2D eigenvalue weighted by molar-refractivity contribution is 7.09. The summed E-state index contributed by atoms with van der Waals surface area (Å²) in [4.78, 5) is 4.53. The number of hydrogen-bond acceptors (Lipinski definition) is 4. The molecular weight excluding hydrogens is 220 g/mol. The second-order valence-electron chi connectivity index (χ2n) is 3.77. The molecule has 0 spiro atoms. The molecule has 2 rings (SSSR count). The van der Waals surface area contributed by atoms with Crippen LogP contribution in [0.2, 0.25) is 0 Å². The molecule has 16 heavy (non-hydrogen) atoms. The molecule has 1 atom stereocenters. The van der Waals surface area contributed by atoms with Crippen LogP contribution in [0.25, 0.3) is 0 Å². The van der Waals surface area contributed by atoms with E-state index in [1.807, 2.05) is 31.0 Å². The molecule has 0 saturated carbocycles. The van der Waals surface area contributed by atoms with Gasteiger partial charge in [0.15, 0.2) is 0 Å². The third-order valence-electron chi connectivity index (χ3n) is 2.35. The first-order chi connectivity index (χ1) is 7.70. The summed E-state index contributed by atoms with van der Waals surface area (Å²) in [7, 11) is 1.93. The van der Waals surface area contributed by atoms with Gasteiger partial charge in [0.2, 0.25) is 0 Å². The smallest absolute Gasteiger partial charge is 0.114 e. The van der Waals surface area contributed by atoms with Crippen molar-refractivity contribution in [2.45, 2.75) is 19.9 Å². The highest BCUT2D eigenvalue weighted by atomic mass is 32.1. The summed E-state index contributed by atoms with van der Waals surface area (Å²) in [5.74, 6) is 0. The van der Waals surface area contributed by atoms with Gasteiger partial charge in [-0.3, -0.25) is 4.68 Å². The molecule has 0 saturated heterocycles. The first-order valence-corrected chi connectivity index (χ1v) is 6.22. The Balaban J connectivity index is 2.30. The van der Waals surface area contributed by atoms with Crippen LogP contribution in [0.5, 0.6) is 0 Å². The van der Waals surface area contributed by atoms with Gasteiger partial charge in [-0.1, -0.05) is 6.92 Å². The number of hydrogen-bond donors (Lipinski definition) is 1. The highest BCUT2D eigenvalue weighted by Gasteiger charge is 2.17. The summed E-state index contributed by atoms with van der Waals surface area (Å²) in [5.41, 5.74) is 2.24. The molecule has 4 nitrogen and oxygen atoms in total. The van der Waals surface area contributed by atoms with Crippen LogP contribution >= 0.6 is 11.3 Å². The van der Waals surface area contributed by atoms with Crippen LogP contribution in [0.1, 0.15) is 29.2 Å². The van der Waals surface area contributed by atoms with Crippen molar-refractivity contribution in [1.82, 2.24) is 20.1 Å². The Kier molecular flexibility index (Phi) is 3.36. The number of rotatable bonds is 4. The van der Waals surface area contributed by atoms with Crippen LogP contribution in [0.15, 0.2) is 17.8 Å². The summed E-state index contributed by atoms with van der Waals surface area (Å²) in [6.07, 6.45) is 3.92. The third-order valence-corrected chi connectivity index (χ3v) is 3.38. The minimum atomic E-state index is 0.164. The van der Waals surface area contributed by atoms with Gasteiger partial charge in [0.05, 0.1) is 12.2 Å². The van der Waals surface area contributed by atoms with Crippen molar-refractivity contribution in [3.05, 3.63) is 34.0 Å². The van der Waals surface area contributed by atoms with E-state index >= 15 is 0 Å². The zero-order valence-corrected chi connectivity index (χ0v) is 10.6. The van der Waals surface area contributed by atoms with Gasteiger partial charge in [0.25, 0.3) is 0 Å². The molecule has 0 aliphatic heterocycles. The lowest BCUT2D eigenvalue weighted by Gasteiger charge is -2.13. The van der Waals surface area contributed by atoms with Crippen molar-refractivity contribution in [2.75, 3.05) is 6.54 Å². The summed E-state index contributed by atoms with van der Waals surface area (Å²) in [6.45, 7) is 5.04. The number of nitrogens with zero attached hydrogens (tertiary/aromatic N) is 3. The summed E-state index contributed by atoms with van der Waals surface area (Å²) in [6, 6.07) is 0.164. The average Bonchev–Trinajstić information content (AvgIpc) is 2.84. The first-order valence-electron chi connectivity index (χ1n) is 5.34. The number of aromatic nitrogens is 3. The maximum Gasteiger partial charge on any atom is 0.114 e. The Morgan fingerprint density at radius 2 is 2.38 bits per heavy atom. The Hall–Kier alpha value is -1.20. The van der Waals surface area contributed by atoms with E-state index < -0.39 is 0 Å². The fourth-order valence-electron chi connectivity index (χ4n) is 1.65. The van der Waals surface area contributed by atoms with Gasteiger partial charge < -0.3 is 5.32 Å². The first kappa shape index (κ1) is 11.3. The molecule has 0 aliphatic carbocycles. The zero-order chi connectivity index (χ0) is 11.5. The third kappa shape index (κ3) is 2.31. The Labute approximate surface area is 99.3 Å². The zero-order valence-electron chi connectivity index (χ0n) is 9.77. The Bertz CT molecular complexity index is 420. The van der Waals surface area contributed by atoms with Crippen molar-refractivity contribution < 1.29 is 0 Å². The van der Waals surface area contributed by atoms with E-state index in [1.165, 1.54) is 5.56 Å². The van der Waals surface area contributed by atoms with E-state index in [0.717, 1.165) is 17.2 Å². The molecule has 5 heteroatoms. The summed E-state index contributed by atoms with van der Waals surface area (Å²) in [5, 5.41) is 10.8. The SMILES string of the molecule is CCNC(c1cnn(C)c1)c1nc(C)cs1. The van der Waals surface area contributed by atoms with E-state index in [2.05, 4.69) is 27.7 Å². The van der Waals surface area contributed by atoms with Crippen LogP contribution in [-0.2, 0) is 7.05 Å². The molecular formula is C11H16N4S. The molecule has 2 heterocycles. The van der Waals surface area contributed by atoms with Crippen LogP contribution in [-0.4, -0.2) is 21.3 Å². The van der Waals surface area contributed by atoms with Crippen molar-refractivity contribution >= 4 is 11.3 Å². The standard InChI is InChI=1S/C11H16N4S/c1-4-12-10(9-5-13-15(3)6-9)11-14-8(2)7-16-11/h5-7,10,12H,4H2,1-3H3. The molecule has 0 aliphatic rings. The lowest BCUT2D eigenvalue weighted by atomic mass is 10.2. The Morgan fingerprint density at radius 1 is 1.56 bits per heavy atom. The topological polar surface area (TPSA) is 42.7 Å². The van der Waals surface area contributed by atoms with Gasteiger partial charge >= 0.3 is 0 Å². The van der Waals surface area contributed by atoms with E-state index in [9.17, 15) is 0 Å². The molecule has 0 aromatic carbocycles. The number of nitrogens with one attached hydrogen (secondary N) is 1. The van der Waals surface area contributed by atoms with Crippen LogP contribution < -0.4 is 5.32 Å². The van der Waals surface area contributed by atoms with Crippen molar-refractivity contribution in [1.29, 1.82) is 0 Å². The van der Waals surface area contributed by atoms with Gasteiger partial charge in [-0.25, -0.2) is 4.98 Å². The van der Waals surface area contributed by atoms with Crippen LogP contribution in [0.3, 0.4) is 0 Å². The lowest BCUT2D eigenvalue weighted by Crippen LogP contribution is -2.21. The number of aryl methyl sites for hydroxylation is 2. The van der Waals surface area contributed by atoms with E-state index in [1.54, 1.807) is 11.3 Å². The Morgan fingerprint density at radius 3 is 2.88 bits per heavy atom. The fourth-order valence-corrected chi connectivity index (χ4v) is 2.54. The number of thiazole rings is 1. The highest BCUT2D eigenvalue weighted by Crippen LogP contribution is 2.24. The molecule has 0 bridgehead atoms. The normalized spacial score (nSPS) is 12.9. The summed E-state index contributed by atoms with van der Waals surface area (Å²) >= 11 is 1.69. The van der Waals surface area contributed by atoms with Gasteiger partial charge in [-0.15, -0.1) is 11.3 Å². The van der Waals surface area contributed by atoms with Crippen LogP contribution in [0, 0.1) is 6.92 Å². The predicted octanol–water partition coefficient (Wildman–Crippen LogP) is 1.88. The maximum atomic E-state index is 4.53. The van der Waals surface area contributed by atoms with Crippen molar-refractivity contribution in [3.63, 3.8) is 0 Å². The predicted molar refractivity (Wildman–Crippen MR) is 65.6 cm³/mol. The van der Waals surface area contributed by atoms with E-state index in [4.69, 9.17) is 0 Å². The summed E-state index contributed by atoms with van der Waals surface area (Å²) < 4.78 is 1.82. The van der Waals surface area contributed by atoms with Gasteiger partial charge in [-0.2, -0.15) is 5.10 Å². The fraction of sp³-hybridized carbons (Fsp3) is 0.455. The molecule has 2 aromatic heterocycles. The van der Waals surface area contributed by atoms with Gasteiger partial charge in [0.1, 0.15) is 5.01 Å². The van der Waals surface area contributed by atoms with Gasteiger partial charge in [-0.05, 0) is 13.5 Å². The maximum absolute atomic E-state index is 4.53. The molecule has 86 valence electrons. The minimum absolute atomic E-state index is 0.164. The lowest BCUT2D eigenvalue weighted by molar-refractivity contribution is 0.625. The monoisotopic (exact) mass is 236 g/mol. The van der Waals surface area contributed by atoms with E-state index in [0.29, 0.717) is 0 Å². The second kappa shape index (κ2) is 4.76. The van der Waals surface area contributed by atoms with E-state index in [-0.39, 0.29) is 6.04 Å². The molecule has 1 unspecified atom stereocenters. The quantitative estimate of drug-likeness (QED) is 0.881. The largest absolute Gasteiger partial charge is 0.304 e. The minimum Gasteiger partial charge on any atom is -0.304 e. The van der Waals surface area contributed by atoms with Crippen molar-refractivity contribution in [2.24, 2.45) is 7.05 Å². The average molecular weight is 236 g/mol. The second-order valence-corrected chi connectivity index (χ2v) is 4.65. The molecule has 0 amide bonds. The van der Waals surface area contributed by atoms with Crippen LogP contribution in [0.4, 0.5) is 0 Å². The molecule has 1 N–H and O–H groups in total. The van der Waals surface area contributed by atoms with Gasteiger partial charge in [0, 0.05) is 29.9 Å². The molecule has 2 aromatic rings. The molecule has 0 radical (unpaired) electrons.